The Labute approximate surface area is 147 Å². The summed E-state index contributed by atoms with van der Waals surface area (Å²) in [5.41, 5.74) is 2.77. The predicted molar refractivity (Wildman–Crippen MR) is 103 cm³/mol. The minimum absolute atomic E-state index is 0.269. The third-order valence-corrected chi connectivity index (χ3v) is 5.48. The zero-order valence-corrected chi connectivity index (χ0v) is 15.6. The van der Waals surface area contributed by atoms with Crippen LogP contribution in [0.15, 0.2) is 73.3 Å². The highest BCUT2D eigenvalue weighted by Crippen LogP contribution is 2.29. The van der Waals surface area contributed by atoms with Gasteiger partial charge in [0.15, 0.2) is 0 Å². The number of carbonyl (C=O) groups is 1. The Bertz CT molecular complexity index is 571. The van der Waals surface area contributed by atoms with Crippen LogP contribution in [-0.4, -0.2) is 15.7 Å². The molecule has 0 aromatic heterocycles. The van der Waals surface area contributed by atoms with Crippen molar-refractivity contribution in [3.05, 3.63) is 84.4 Å². The second kappa shape index (κ2) is 10.6. The highest BCUT2D eigenvalue weighted by Gasteiger charge is 2.13. The standard InChI is InChI=1S/C21H26O2Si/c1-2-21(22)23-24-17-11-5-10-16-20(18-12-6-3-7-13-18)19-14-8-4-9-15-19/h2-4,6-9,12-15,20H,1,5,10-11,16-17,24H2. The van der Waals surface area contributed by atoms with E-state index in [0.717, 1.165) is 18.9 Å². The van der Waals surface area contributed by atoms with E-state index in [-0.39, 0.29) is 5.97 Å². The van der Waals surface area contributed by atoms with Gasteiger partial charge in [-0.15, -0.1) is 0 Å². The molecular weight excluding hydrogens is 312 g/mol. The van der Waals surface area contributed by atoms with Gasteiger partial charge in [0.05, 0.1) is 0 Å². The van der Waals surface area contributed by atoms with Crippen molar-refractivity contribution >= 4 is 15.7 Å². The number of unbranched alkanes of at least 4 members (excludes halogenated alkanes) is 2. The van der Waals surface area contributed by atoms with E-state index in [1.54, 1.807) is 0 Å². The fourth-order valence-corrected chi connectivity index (χ4v) is 3.95. The summed E-state index contributed by atoms with van der Waals surface area (Å²) in [5.74, 6) is 0.193. The van der Waals surface area contributed by atoms with Crippen LogP contribution in [0, 0.1) is 0 Å². The average Bonchev–Trinajstić information content (AvgIpc) is 2.65. The van der Waals surface area contributed by atoms with E-state index in [0.29, 0.717) is 5.92 Å². The topological polar surface area (TPSA) is 26.3 Å². The number of hydrogen-bond acceptors (Lipinski definition) is 2. The molecule has 0 unspecified atom stereocenters. The van der Waals surface area contributed by atoms with E-state index in [4.69, 9.17) is 4.43 Å². The normalized spacial score (nSPS) is 11.0. The van der Waals surface area contributed by atoms with Gasteiger partial charge in [-0.1, -0.05) is 86.5 Å². The number of rotatable bonds is 10. The smallest absolute Gasteiger partial charge is 0.316 e. The molecule has 0 aliphatic heterocycles. The van der Waals surface area contributed by atoms with Crippen molar-refractivity contribution in [2.24, 2.45) is 0 Å². The summed E-state index contributed by atoms with van der Waals surface area (Å²) >= 11 is 0. The Morgan fingerprint density at radius 1 is 0.958 bits per heavy atom. The fraction of sp³-hybridized carbons (Fsp3) is 0.286. The Balaban J connectivity index is 1.80. The summed E-state index contributed by atoms with van der Waals surface area (Å²) in [5, 5.41) is 0. The molecule has 2 nitrogen and oxygen atoms in total. The molecule has 0 N–H and O–H groups in total. The highest BCUT2D eigenvalue weighted by molar-refractivity contribution is 6.31. The Morgan fingerprint density at radius 2 is 1.54 bits per heavy atom. The zero-order chi connectivity index (χ0) is 17.0. The van der Waals surface area contributed by atoms with Crippen molar-refractivity contribution in [2.75, 3.05) is 0 Å². The lowest BCUT2D eigenvalue weighted by Gasteiger charge is -2.18. The fourth-order valence-electron chi connectivity index (χ4n) is 2.93. The molecule has 0 radical (unpaired) electrons. The molecule has 0 bridgehead atoms. The van der Waals surface area contributed by atoms with Crippen LogP contribution in [0.25, 0.3) is 0 Å². The predicted octanol–water partition coefficient (Wildman–Crippen LogP) is 4.61. The van der Waals surface area contributed by atoms with Gasteiger partial charge >= 0.3 is 5.97 Å². The summed E-state index contributed by atoms with van der Waals surface area (Å²) in [6, 6.07) is 22.5. The number of hydrogen-bond donors (Lipinski definition) is 0. The van der Waals surface area contributed by atoms with Crippen molar-refractivity contribution in [1.29, 1.82) is 0 Å². The monoisotopic (exact) mass is 338 g/mol. The first kappa shape index (κ1) is 18.2. The molecule has 0 heterocycles. The second-order valence-electron chi connectivity index (χ2n) is 5.95. The molecule has 0 atom stereocenters. The average molecular weight is 339 g/mol. The van der Waals surface area contributed by atoms with Gasteiger partial charge in [-0.05, 0) is 23.6 Å². The van der Waals surface area contributed by atoms with Crippen molar-refractivity contribution in [2.45, 2.75) is 37.6 Å². The van der Waals surface area contributed by atoms with Crippen molar-refractivity contribution in [3.8, 4) is 0 Å². The summed E-state index contributed by atoms with van der Waals surface area (Å²) in [4.78, 5) is 11.0. The molecule has 0 spiro atoms. The van der Waals surface area contributed by atoms with Gasteiger partial charge in [0.2, 0.25) is 9.76 Å². The van der Waals surface area contributed by atoms with Gasteiger partial charge in [-0.25, -0.2) is 4.79 Å². The van der Waals surface area contributed by atoms with E-state index in [1.807, 2.05) is 0 Å². The van der Waals surface area contributed by atoms with Crippen LogP contribution >= 0.6 is 0 Å². The Hall–Kier alpha value is -2.13. The molecule has 0 aliphatic carbocycles. The molecule has 24 heavy (non-hydrogen) atoms. The van der Waals surface area contributed by atoms with Gasteiger partial charge in [0.1, 0.15) is 0 Å². The molecule has 0 amide bonds. The quantitative estimate of drug-likeness (QED) is 0.359. The number of benzene rings is 2. The Kier molecular flexibility index (Phi) is 8.05. The minimum atomic E-state index is -0.717. The second-order valence-corrected chi connectivity index (χ2v) is 7.35. The summed E-state index contributed by atoms with van der Waals surface area (Å²) < 4.78 is 5.14. The van der Waals surface area contributed by atoms with Crippen LogP contribution in [0.3, 0.4) is 0 Å². The van der Waals surface area contributed by atoms with E-state index in [1.165, 1.54) is 30.0 Å². The summed E-state index contributed by atoms with van der Waals surface area (Å²) in [7, 11) is -0.717. The molecule has 2 aromatic rings. The minimum Gasteiger partial charge on any atom is -0.522 e. The van der Waals surface area contributed by atoms with Crippen LogP contribution in [-0.2, 0) is 9.22 Å². The first-order valence-corrected chi connectivity index (χ1v) is 10.3. The summed E-state index contributed by atoms with van der Waals surface area (Å²) in [6.07, 6.45) is 5.93. The summed E-state index contributed by atoms with van der Waals surface area (Å²) in [6.45, 7) is 3.41. The molecule has 0 aliphatic rings. The Morgan fingerprint density at radius 3 is 2.08 bits per heavy atom. The van der Waals surface area contributed by atoms with Crippen molar-refractivity contribution < 1.29 is 9.22 Å². The van der Waals surface area contributed by atoms with Crippen molar-refractivity contribution in [3.63, 3.8) is 0 Å². The maximum absolute atomic E-state index is 11.0. The molecular formula is C21H26O2Si. The third kappa shape index (κ3) is 6.17. The van der Waals surface area contributed by atoms with Crippen LogP contribution < -0.4 is 0 Å². The van der Waals surface area contributed by atoms with Crippen LogP contribution in [0.1, 0.15) is 42.7 Å². The lowest BCUT2D eigenvalue weighted by Crippen LogP contribution is -2.05. The first-order chi connectivity index (χ1) is 11.8. The van der Waals surface area contributed by atoms with Crippen LogP contribution in [0.5, 0.6) is 0 Å². The molecule has 2 rings (SSSR count). The molecule has 0 fully saturated rings. The van der Waals surface area contributed by atoms with E-state index in [9.17, 15) is 4.79 Å². The highest BCUT2D eigenvalue weighted by atomic mass is 28.2. The molecule has 126 valence electrons. The molecule has 0 saturated carbocycles. The maximum atomic E-state index is 11.0. The van der Waals surface area contributed by atoms with Crippen molar-refractivity contribution in [1.82, 2.24) is 0 Å². The van der Waals surface area contributed by atoms with Gasteiger partial charge in [-0.2, -0.15) is 0 Å². The van der Waals surface area contributed by atoms with Crippen LogP contribution in [0.2, 0.25) is 6.04 Å². The molecule has 3 heteroatoms. The zero-order valence-electron chi connectivity index (χ0n) is 14.2. The van der Waals surface area contributed by atoms with Gasteiger partial charge in [0, 0.05) is 12.0 Å². The largest absolute Gasteiger partial charge is 0.522 e. The molecule has 2 aromatic carbocycles. The lowest BCUT2D eigenvalue weighted by molar-refractivity contribution is -0.128. The van der Waals surface area contributed by atoms with E-state index < -0.39 is 9.76 Å². The van der Waals surface area contributed by atoms with Gasteiger partial charge in [0.25, 0.3) is 0 Å². The maximum Gasteiger partial charge on any atom is 0.316 e. The third-order valence-electron chi connectivity index (χ3n) is 4.20. The number of carbonyl (C=O) groups excluding carboxylic acids is 1. The lowest BCUT2D eigenvalue weighted by atomic mass is 9.87. The van der Waals surface area contributed by atoms with Crippen LogP contribution in [0.4, 0.5) is 0 Å². The molecule has 0 saturated heterocycles. The van der Waals surface area contributed by atoms with Gasteiger partial charge in [-0.3, -0.25) is 0 Å². The first-order valence-electron chi connectivity index (χ1n) is 8.70. The van der Waals surface area contributed by atoms with E-state index >= 15 is 0 Å². The van der Waals surface area contributed by atoms with E-state index in [2.05, 4.69) is 67.2 Å². The SMILES string of the molecule is C=CC(=O)O[SiH2]CCCCCC(c1ccccc1)c1ccccc1. The van der Waals surface area contributed by atoms with Gasteiger partial charge < -0.3 is 4.43 Å².